The summed E-state index contributed by atoms with van der Waals surface area (Å²) in [6.07, 6.45) is -4.82. The smallest absolute Gasteiger partial charge is 0.350 e. The van der Waals surface area contributed by atoms with Crippen molar-refractivity contribution < 1.29 is 26.4 Å². The second-order valence-electron chi connectivity index (χ2n) is 6.08. The average Bonchev–Trinajstić information content (AvgIpc) is 2.35. The van der Waals surface area contributed by atoms with E-state index in [1.807, 2.05) is 4.72 Å². The predicted molar refractivity (Wildman–Crippen MR) is 79.1 cm³/mol. The molecule has 1 unspecified atom stereocenters. The van der Waals surface area contributed by atoms with E-state index in [0.717, 1.165) is 12.1 Å². The van der Waals surface area contributed by atoms with Crippen LogP contribution in [0.1, 0.15) is 33.3 Å². The van der Waals surface area contributed by atoms with Gasteiger partial charge in [-0.1, -0.05) is 12.1 Å². The lowest BCUT2D eigenvalue weighted by molar-refractivity contribution is -0.139. The van der Waals surface area contributed by atoms with Crippen LogP contribution in [0.2, 0.25) is 0 Å². The zero-order valence-electron chi connectivity index (χ0n) is 13.2. The van der Waals surface area contributed by atoms with Crippen molar-refractivity contribution in [2.45, 2.75) is 50.3 Å². The van der Waals surface area contributed by atoms with E-state index in [4.69, 9.17) is 0 Å². The Hall–Kier alpha value is -1.61. The average molecular weight is 352 g/mol. The zero-order valence-corrected chi connectivity index (χ0v) is 14.0. The molecule has 0 aromatic heterocycles. The molecule has 130 valence electrons. The Labute approximate surface area is 133 Å². The van der Waals surface area contributed by atoms with Crippen LogP contribution in [0, 0.1) is 0 Å². The first kappa shape index (κ1) is 19.4. The van der Waals surface area contributed by atoms with Crippen molar-refractivity contribution in [3.63, 3.8) is 0 Å². The topological polar surface area (TPSA) is 75.3 Å². The van der Waals surface area contributed by atoms with Gasteiger partial charge in [0.25, 0.3) is 0 Å². The van der Waals surface area contributed by atoms with Crippen LogP contribution in [0.4, 0.5) is 13.2 Å². The van der Waals surface area contributed by atoms with Crippen LogP contribution in [-0.4, -0.2) is 25.9 Å². The molecule has 23 heavy (non-hydrogen) atoms. The van der Waals surface area contributed by atoms with Crippen molar-refractivity contribution in [3.8, 4) is 0 Å². The Balaban J connectivity index is 3.08. The fourth-order valence-electron chi connectivity index (χ4n) is 1.76. The number of carbonyl (C=O) groups is 1. The van der Waals surface area contributed by atoms with E-state index in [1.54, 1.807) is 20.8 Å². The Morgan fingerprint density at radius 3 is 2.13 bits per heavy atom. The van der Waals surface area contributed by atoms with E-state index in [0.29, 0.717) is 6.07 Å². The molecule has 2 N–H and O–H groups in total. The van der Waals surface area contributed by atoms with Gasteiger partial charge in [-0.3, -0.25) is 4.79 Å². The number of alkyl halides is 3. The molecule has 0 aliphatic heterocycles. The van der Waals surface area contributed by atoms with Crippen molar-refractivity contribution in [3.05, 3.63) is 29.8 Å². The molecule has 1 aromatic carbocycles. The molecule has 0 spiro atoms. The van der Waals surface area contributed by atoms with Gasteiger partial charge in [-0.15, -0.1) is 0 Å². The van der Waals surface area contributed by atoms with Crippen molar-refractivity contribution in [2.24, 2.45) is 0 Å². The van der Waals surface area contributed by atoms with E-state index in [9.17, 15) is 26.4 Å². The Bertz CT molecular complexity index is 679. The van der Waals surface area contributed by atoms with Crippen LogP contribution in [0.5, 0.6) is 0 Å². The van der Waals surface area contributed by atoms with Crippen molar-refractivity contribution in [1.29, 1.82) is 0 Å². The molecule has 0 aliphatic carbocycles. The van der Waals surface area contributed by atoms with Gasteiger partial charge in [0, 0.05) is 5.54 Å². The molecule has 0 saturated carbocycles. The van der Waals surface area contributed by atoms with E-state index in [1.165, 1.54) is 13.0 Å². The van der Waals surface area contributed by atoms with E-state index in [-0.39, 0.29) is 0 Å². The normalized spacial score (nSPS) is 14.4. The lowest BCUT2D eigenvalue weighted by atomic mass is 10.1. The first-order valence-corrected chi connectivity index (χ1v) is 8.23. The highest BCUT2D eigenvalue weighted by Crippen LogP contribution is 2.33. The molecule has 0 heterocycles. The van der Waals surface area contributed by atoms with Gasteiger partial charge in [-0.2, -0.15) is 17.9 Å². The summed E-state index contributed by atoms with van der Waals surface area (Å²) in [5.41, 5.74) is -1.88. The van der Waals surface area contributed by atoms with Crippen LogP contribution in [0.15, 0.2) is 29.2 Å². The number of nitrogens with one attached hydrogen (secondary N) is 2. The number of hydrogen-bond acceptors (Lipinski definition) is 3. The third kappa shape index (κ3) is 5.51. The molecule has 9 heteroatoms. The zero-order chi connectivity index (χ0) is 18.1. The molecule has 0 aliphatic rings. The minimum Gasteiger partial charge on any atom is -0.350 e. The van der Waals surface area contributed by atoms with Gasteiger partial charge < -0.3 is 5.32 Å². The minimum absolute atomic E-state index is 0.597. The lowest BCUT2D eigenvalue weighted by Crippen LogP contribution is -2.50. The fraction of sp³-hybridized carbons (Fsp3) is 0.500. The van der Waals surface area contributed by atoms with Gasteiger partial charge >= 0.3 is 6.18 Å². The lowest BCUT2D eigenvalue weighted by Gasteiger charge is -2.24. The van der Waals surface area contributed by atoms with Gasteiger partial charge in [0.1, 0.15) is 0 Å². The Morgan fingerprint density at radius 1 is 1.13 bits per heavy atom. The monoisotopic (exact) mass is 352 g/mol. The summed E-state index contributed by atoms with van der Waals surface area (Å²) in [4.78, 5) is 11.0. The maximum Gasteiger partial charge on any atom is 0.417 e. The number of amides is 1. The molecule has 1 atom stereocenters. The summed E-state index contributed by atoms with van der Waals surface area (Å²) in [7, 11) is -4.50. The van der Waals surface area contributed by atoms with Gasteiger partial charge in [0.05, 0.1) is 16.5 Å². The van der Waals surface area contributed by atoms with Crippen molar-refractivity contribution in [2.75, 3.05) is 0 Å². The molecule has 1 aromatic rings. The van der Waals surface area contributed by atoms with Gasteiger partial charge in [-0.05, 0) is 39.8 Å². The summed E-state index contributed by atoms with van der Waals surface area (Å²) < 4.78 is 65.1. The first-order valence-electron chi connectivity index (χ1n) is 6.74. The van der Waals surface area contributed by atoms with Gasteiger partial charge in [0.2, 0.25) is 15.9 Å². The third-order valence-corrected chi connectivity index (χ3v) is 4.30. The number of carbonyl (C=O) groups excluding carboxylic acids is 1. The molecular weight excluding hydrogens is 333 g/mol. The summed E-state index contributed by atoms with van der Waals surface area (Å²) in [5.74, 6) is -0.634. The number of sulfonamides is 1. The fourth-order valence-corrected chi connectivity index (χ4v) is 3.19. The molecular formula is C14H19F3N2O3S. The molecule has 5 nitrogen and oxygen atoms in total. The highest BCUT2D eigenvalue weighted by Gasteiger charge is 2.37. The number of hydrogen-bond donors (Lipinski definition) is 2. The number of halogens is 3. The SMILES string of the molecule is CC(NS(=O)(=O)c1ccccc1C(F)(F)F)C(=O)NC(C)(C)C. The third-order valence-electron chi connectivity index (χ3n) is 2.71. The maximum absolute atomic E-state index is 12.9. The molecule has 1 rings (SSSR count). The first-order chi connectivity index (χ1) is 10.2. The van der Waals surface area contributed by atoms with Gasteiger partial charge in [-0.25, -0.2) is 8.42 Å². The highest BCUT2D eigenvalue weighted by molar-refractivity contribution is 7.89. The Kier molecular flexibility index (Phi) is 5.48. The van der Waals surface area contributed by atoms with E-state index in [2.05, 4.69) is 5.32 Å². The maximum atomic E-state index is 12.9. The van der Waals surface area contributed by atoms with Crippen LogP contribution >= 0.6 is 0 Å². The second-order valence-corrected chi connectivity index (χ2v) is 7.76. The molecule has 0 fully saturated rings. The standard InChI is InChI=1S/C14H19F3N2O3S/c1-9(12(20)18-13(2,3)4)19-23(21,22)11-8-6-5-7-10(11)14(15,16)17/h5-9,19H,1-4H3,(H,18,20). The molecule has 0 bridgehead atoms. The minimum atomic E-state index is -4.82. The van der Waals surface area contributed by atoms with Crippen LogP contribution in [-0.2, 0) is 21.0 Å². The highest BCUT2D eigenvalue weighted by atomic mass is 32.2. The van der Waals surface area contributed by atoms with Crippen molar-refractivity contribution >= 4 is 15.9 Å². The summed E-state index contributed by atoms with van der Waals surface area (Å²) in [6, 6.07) is 2.58. The summed E-state index contributed by atoms with van der Waals surface area (Å²) in [5, 5.41) is 2.55. The van der Waals surface area contributed by atoms with Crippen LogP contribution < -0.4 is 10.0 Å². The quantitative estimate of drug-likeness (QED) is 0.873. The number of rotatable bonds is 4. The molecule has 0 radical (unpaired) electrons. The summed E-state index contributed by atoms with van der Waals surface area (Å²) >= 11 is 0. The van der Waals surface area contributed by atoms with Gasteiger partial charge in [0.15, 0.2) is 0 Å². The summed E-state index contributed by atoms with van der Waals surface area (Å²) in [6.45, 7) is 6.36. The van der Waals surface area contributed by atoms with Crippen molar-refractivity contribution in [1.82, 2.24) is 10.0 Å². The van der Waals surface area contributed by atoms with Crippen LogP contribution in [0.25, 0.3) is 0 Å². The van der Waals surface area contributed by atoms with E-state index >= 15 is 0 Å². The Morgan fingerprint density at radius 2 is 1.65 bits per heavy atom. The predicted octanol–water partition coefficient (Wildman–Crippen LogP) is 2.29. The second kappa shape index (κ2) is 6.48. The van der Waals surface area contributed by atoms with Crippen LogP contribution in [0.3, 0.4) is 0 Å². The largest absolute Gasteiger partial charge is 0.417 e. The molecule has 0 saturated heterocycles. The number of benzene rings is 1. The van der Waals surface area contributed by atoms with E-state index < -0.39 is 44.1 Å². The molecule has 1 amide bonds.